The van der Waals surface area contributed by atoms with Crippen LogP contribution in [0.4, 0.5) is 5.13 Å². The molecule has 0 bridgehead atoms. The van der Waals surface area contributed by atoms with Crippen LogP contribution in [0, 0.1) is 0 Å². The first-order valence-corrected chi connectivity index (χ1v) is 9.33. The molecule has 27 heavy (non-hydrogen) atoms. The Morgan fingerprint density at radius 3 is 2.37 bits per heavy atom. The minimum atomic E-state index is -0.277. The summed E-state index contributed by atoms with van der Waals surface area (Å²) < 4.78 is 14.9. The number of benzene rings is 2. The molecule has 0 saturated heterocycles. The SMILES string of the molecule is COc1ccc(-c2nsc(NC(=O)COc3ccc(C(C)C)cc3)n2)cc1. The Balaban J connectivity index is 1.54. The van der Waals surface area contributed by atoms with Gasteiger partial charge in [-0.1, -0.05) is 26.0 Å². The molecule has 0 fully saturated rings. The third kappa shape index (κ3) is 5.04. The average Bonchev–Trinajstić information content (AvgIpc) is 3.15. The second-order valence-corrected chi connectivity index (χ2v) is 6.96. The molecule has 140 valence electrons. The average molecular weight is 383 g/mol. The van der Waals surface area contributed by atoms with Crippen molar-refractivity contribution >= 4 is 22.6 Å². The monoisotopic (exact) mass is 383 g/mol. The Bertz CT molecular complexity index is 890. The molecule has 0 atom stereocenters. The zero-order valence-electron chi connectivity index (χ0n) is 15.4. The van der Waals surface area contributed by atoms with Crippen molar-refractivity contribution in [2.24, 2.45) is 0 Å². The van der Waals surface area contributed by atoms with Crippen LogP contribution >= 0.6 is 11.5 Å². The van der Waals surface area contributed by atoms with Crippen LogP contribution in [0.3, 0.4) is 0 Å². The minimum Gasteiger partial charge on any atom is -0.497 e. The molecule has 0 unspecified atom stereocenters. The van der Waals surface area contributed by atoms with Gasteiger partial charge in [-0.05, 0) is 47.9 Å². The van der Waals surface area contributed by atoms with Gasteiger partial charge in [-0.25, -0.2) is 0 Å². The van der Waals surface area contributed by atoms with E-state index in [0.717, 1.165) is 22.8 Å². The number of anilines is 1. The molecule has 0 aliphatic heterocycles. The highest BCUT2D eigenvalue weighted by atomic mass is 32.1. The van der Waals surface area contributed by atoms with Crippen molar-refractivity contribution in [3.63, 3.8) is 0 Å². The van der Waals surface area contributed by atoms with Crippen LogP contribution in [0.2, 0.25) is 0 Å². The maximum Gasteiger partial charge on any atom is 0.264 e. The van der Waals surface area contributed by atoms with Crippen molar-refractivity contribution in [2.75, 3.05) is 19.0 Å². The second kappa shape index (κ2) is 8.64. The van der Waals surface area contributed by atoms with Crippen molar-refractivity contribution in [3.05, 3.63) is 54.1 Å². The fourth-order valence-electron chi connectivity index (χ4n) is 2.38. The third-order valence-electron chi connectivity index (χ3n) is 3.94. The standard InChI is InChI=1S/C20H21N3O3S/c1-13(2)14-4-10-17(11-5-14)26-12-18(24)21-20-22-19(23-27-20)15-6-8-16(25-3)9-7-15/h4-11,13H,12H2,1-3H3,(H,21,22,23,24). The molecule has 1 aromatic heterocycles. The zero-order chi connectivity index (χ0) is 19.2. The highest BCUT2D eigenvalue weighted by Gasteiger charge is 2.10. The largest absolute Gasteiger partial charge is 0.497 e. The van der Waals surface area contributed by atoms with Gasteiger partial charge in [-0.3, -0.25) is 10.1 Å². The van der Waals surface area contributed by atoms with Gasteiger partial charge in [0.25, 0.3) is 5.91 Å². The van der Waals surface area contributed by atoms with E-state index in [-0.39, 0.29) is 12.5 Å². The Kier molecular flexibility index (Phi) is 6.03. The molecule has 3 rings (SSSR count). The fourth-order valence-corrected chi connectivity index (χ4v) is 2.99. The lowest BCUT2D eigenvalue weighted by atomic mass is 10.0. The highest BCUT2D eigenvalue weighted by molar-refractivity contribution is 7.10. The van der Waals surface area contributed by atoms with Gasteiger partial charge in [0.2, 0.25) is 5.13 Å². The van der Waals surface area contributed by atoms with Crippen LogP contribution in [0.15, 0.2) is 48.5 Å². The Morgan fingerprint density at radius 2 is 1.74 bits per heavy atom. The van der Waals surface area contributed by atoms with Crippen molar-refractivity contribution in [3.8, 4) is 22.9 Å². The topological polar surface area (TPSA) is 73.3 Å². The first-order chi connectivity index (χ1) is 13.0. The molecular formula is C20H21N3O3S. The molecule has 6 nitrogen and oxygen atoms in total. The predicted octanol–water partition coefficient (Wildman–Crippen LogP) is 4.35. The number of nitrogens with zero attached hydrogens (tertiary/aromatic N) is 2. The smallest absolute Gasteiger partial charge is 0.264 e. The van der Waals surface area contributed by atoms with Crippen molar-refractivity contribution < 1.29 is 14.3 Å². The molecule has 2 aromatic carbocycles. The van der Waals surface area contributed by atoms with E-state index in [2.05, 4.69) is 28.5 Å². The number of aromatic nitrogens is 2. The molecule has 1 N–H and O–H groups in total. The molecule has 1 amide bonds. The Hall–Kier alpha value is -2.93. The molecule has 0 saturated carbocycles. The number of amides is 1. The summed E-state index contributed by atoms with van der Waals surface area (Å²) in [5.41, 5.74) is 2.08. The molecule has 0 spiro atoms. The number of hydrogen-bond acceptors (Lipinski definition) is 6. The van der Waals surface area contributed by atoms with Gasteiger partial charge in [-0.2, -0.15) is 9.36 Å². The molecule has 0 aliphatic carbocycles. The van der Waals surface area contributed by atoms with E-state index in [1.165, 1.54) is 5.56 Å². The summed E-state index contributed by atoms with van der Waals surface area (Å²) in [5, 5.41) is 3.15. The van der Waals surface area contributed by atoms with Crippen LogP contribution in [-0.4, -0.2) is 29.0 Å². The Morgan fingerprint density at radius 1 is 1.07 bits per heavy atom. The van der Waals surface area contributed by atoms with Gasteiger partial charge < -0.3 is 9.47 Å². The predicted molar refractivity (Wildman–Crippen MR) is 107 cm³/mol. The van der Waals surface area contributed by atoms with E-state index in [0.29, 0.717) is 22.6 Å². The van der Waals surface area contributed by atoms with E-state index < -0.39 is 0 Å². The Labute approximate surface area is 162 Å². The van der Waals surface area contributed by atoms with E-state index in [4.69, 9.17) is 9.47 Å². The lowest BCUT2D eigenvalue weighted by molar-refractivity contribution is -0.118. The summed E-state index contributed by atoms with van der Waals surface area (Å²) in [4.78, 5) is 16.4. The molecule has 3 aromatic rings. The lowest BCUT2D eigenvalue weighted by Gasteiger charge is -2.08. The summed E-state index contributed by atoms with van der Waals surface area (Å²) in [6, 6.07) is 15.2. The van der Waals surface area contributed by atoms with Crippen LogP contribution in [0.25, 0.3) is 11.4 Å². The first-order valence-electron chi connectivity index (χ1n) is 8.56. The quantitative estimate of drug-likeness (QED) is 0.656. The number of nitrogens with one attached hydrogen (secondary N) is 1. The van der Waals surface area contributed by atoms with Crippen molar-refractivity contribution in [1.82, 2.24) is 9.36 Å². The van der Waals surface area contributed by atoms with Crippen molar-refractivity contribution in [2.45, 2.75) is 19.8 Å². The van der Waals surface area contributed by atoms with E-state index >= 15 is 0 Å². The number of hydrogen-bond donors (Lipinski definition) is 1. The minimum absolute atomic E-state index is 0.0848. The number of methoxy groups -OCH3 is 1. The fraction of sp³-hybridized carbons (Fsp3) is 0.250. The number of carbonyl (C=O) groups is 1. The zero-order valence-corrected chi connectivity index (χ0v) is 16.2. The van der Waals surface area contributed by atoms with E-state index in [1.54, 1.807) is 7.11 Å². The summed E-state index contributed by atoms with van der Waals surface area (Å²) in [7, 11) is 1.62. The van der Waals surface area contributed by atoms with Crippen LogP contribution in [0.5, 0.6) is 11.5 Å². The summed E-state index contributed by atoms with van der Waals surface area (Å²) in [6.07, 6.45) is 0. The number of carbonyl (C=O) groups excluding carboxylic acids is 1. The summed E-state index contributed by atoms with van der Waals surface area (Å²) >= 11 is 1.13. The van der Waals surface area contributed by atoms with Gasteiger partial charge in [0.15, 0.2) is 12.4 Å². The van der Waals surface area contributed by atoms with Gasteiger partial charge >= 0.3 is 0 Å². The van der Waals surface area contributed by atoms with Crippen molar-refractivity contribution in [1.29, 1.82) is 0 Å². The third-order valence-corrected chi connectivity index (χ3v) is 4.57. The van der Waals surface area contributed by atoms with E-state index in [1.807, 2.05) is 48.5 Å². The maximum absolute atomic E-state index is 12.1. The normalized spacial score (nSPS) is 10.7. The van der Waals surface area contributed by atoms with Crippen LogP contribution in [-0.2, 0) is 4.79 Å². The number of rotatable bonds is 7. The summed E-state index contributed by atoms with van der Waals surface area (Å²) in [5.74, 6) is 2.16. The van der Waals surface area contributed by atoms with Crippen LogP contribution in [0.1, 0.15) is 25.3 Å². The van der Waals surface area contributed by atoms with Crippen LogP contribution < -0.4 is 14.8 Å². The van der Waals surface area contributed by atoms with Gasteiger partial charge in [0.1, 0.15) is 11.5 Å². The molecular weight excluding hydrogens is 362 g/mol. The lowest BCUT2D eigenvalue weighted by Crippen LogP contribution is -2.20. The second-order valence-electron chi connectivity index (χ2n) is 6.21. The van der Waals surface area contributed by atoms with Gasteiger partial charge in [0.05, 0.1) is 7.11 Å². The molecule has 0 aliphatic rings. The van der Waals surface area contributed by atoms with Gasteiger partial charge in [-0.15, -0.1) is 0 Å². The molecule has 0 radical (unpaired) electrons. The van der Waals surface area contributed by atoms with Gasteiger partial charge in [0, 0.05) is 17.1 Å². The first kappa shape index (κ1) is 18.8. The number of ether oxygens (including phenoxy) is 2. The molecule has 7 heteroatoms. The summed E-state index contributed by atoms with van der Waals surface area (Å²) in [6.45, 7) is 4.18. The van der Waals surface area contributed by atoms with E-state index in [9.17, 15) is 4.79 Å². The highest BCUT2D eigenvalue weighted by Crippen LogP contribution is 2.23. The molecule has 1 heterocycles. The maximum atomic E-state index is 12.1.